The first kappa shape index (κ1) is 23.5. The smallest absolute Gasteiger partial charge is 0.273 e. The Morgan fingerprint density at radius 2 is 1.94 bits per heavy atom. The molecule has 9 heteroatoms. The van der Waals surface area contributed by atoms with Gasteiger partial charge in [-0.05, 0) is 51.4 Å². The molecule has 0 aliphatic carbocycles. The SMILES string of the molecule is CC(=O)N1CCN(c2nc3c(c(N(c4cccc(C)c4)C4CCNC4)n2)CN(C(C)C)C3=O)CC1. The highest BCUT2D eigenvalue weighted by Gasteiger charge is 2.38. The number of carbonyl (C=O) groups excluding carboxylic acids is 2. The van der Waals surface area contributed by atoms with Crippen LogP contribution in [0.1, 0.15) is 48.8 Å². The summed E-state index contributed by atoms with van der Waals surface area (Å²) in [6, 6.07) is 8.81. The lowest BCUT2D eigenvalue weighted by Gasteiger charge is -2.36. The highest BCUT2D eigenvalue weighted by molar-refractivity contribution is 5.98. The van der Waals surface area contributed by atoms with Crippen molar-refractivity contribution in [1.82, 2.24) is 25.1 Å². The van der Waals surface area contributed by atoms with Gasteiger partial charge in [0, 0.05) is 63.0 Å². The molecule has 1 atom stereocenters. The maximum atomic E-state index is 13.4. The molecule has 1 aromatic carbocycles. The van der Waals surface area contributed by atoms with Crippen molar-refractivity contribution < 1.29 is 9.59 Å². The van der Waals surface area contributed by atoms with Gasteiger partial charge in [-0.25, -0.2) is 4.98 Å². The van der Waals surface area contributed by atoms with Crippen molar-refractivity contribution in [3.05, 3.63) is 41.1 Å². The molecular weight excluding hydrogens is 442 g/mol. The molecule has 186 valence electrons. The summed E-state index contributed by atoms with van der Waals surface area (Å²) in [4.78, 5) is 43.4. The average molecular weight is 478 g/mol. The monoisotopic (exact) mass is 477 g/mol. The number of nitrogens with zero attached hydrogens (tertiary/aromatic N) is 6. The third-order valence-corrected chi connectivity index (χ3v) is 7.30. The largest absolute Gasteiger partial charge is 0.339 e. The fraction of sp³-hybridized carbons (Fsp3) is 0.538. The minimum Gasteiger partial charge on any atom is -0.339 e. The summed E-state index contributed by atoms with van der Waals surface area (Å²) in [5, 5.41) is 3.49. The van der Waals surface area contributed by atoms with E-state index in [-0.39, 0.29) is 23.9 Å². The summed E-state index contributed by atoms with van der Waals surface area (Å²) in [5.41, 5.74) is 3.69. The second kappa shape index (κ2) is 9.45. The number of benzene rings is 1. The fourth-order valence-corrected chi connectivity index (χ4v) is 5.28. The Balaban J connectivity index is 1.61. The van der Waals surface area contributed by atoms with E-state index in [0.717, 1.165) is 36.6 Å². The van der Waals surface area contributed by atoms with Crippen molar-refractivity contribution in [2.75, 3.05) is 49.1 Å². The molecule has 1 N–H and O–H groups in total. The van der Waals surface area contributed by atoms with Crippen LogP contribution in [0.3, 0.4) is 0 Å². The van der Waals surface area contributed by atoms with Gasteiger partial charge in [0.1, 0.15) is 11.5 Å². The minimum absolute atomic E-state index is 0.0315. The number of hydrogen-bond acceptors (Lipinski definition) is 7. The molecular formula is C26H35N7O2. The van der Waals surface area contributed by atoms with Crippen LogP contribution in [0.5, 0.6) is 0 Å². The normalized spacial score (nSPS) is 20.1. The number of anilines is 3. The number of aromatic nitrogens is 2. The Morgan fingerprint density at radius 1 is 1.17 bits per heavy atom. The number of rotatable bonds is 5. The number of nitrogens with one attached hydrogen (secondary N) is 1. The van der Waals surface area contributed by atoms with Crippen LogP contribution in [0.4, 0.5) is 17.5 Å². The highest BCUT2D eigenvalue weighted by atomic mass is 16.2. The molecule has 4 heterocycles. The molecule has 35 heavy (non-hydrogen) atoms. The highest BCUT2D eigenvalue weighted by Crippen LogP contribution is 2.38. The van der Waals surface area contributed by atoms with Crippen LogP contribution >= 0.6 is 0 Å². The number of carbonyl (C=O) groups is 2. The van der Waals surface area contributed by atoms with Crippen LogP contribution in [0.2, 0.25) is 0 Å². The van der Waals surface area contributed by atoms with Crippen LogP contribution in [0.15, 0.2) is 24.3 Å². The summed E-state index contributed by atoms with van der Waals surface area (Å²) >= 11 is 0. The van der Waals surface area contributed by atoms with E-state index in [1.807, 2.05) is 23.6 Å². The zero-order valence-corrected chi connectivity index (χ0v) is 21.1. The van der Waals surface area contributed by atoms with Crippen LogP contribution in [0, 0.1) is 6.92 Å². The molecule has 1 aromatic heterocycles. The van der Waals surface area contributed by atoms with E-state index < -0.39 is 0 Å². The van der Waals surface area contributed by atoms with Gasteiger partial charge in [0.15, 0.2) is 0 Å². The molecule has 0 bridgehead atoms. The van der Waals surface area contributed by atoms with Gasteiger partial charge < -0.3 is 24.9 Å². The van der Waals surface area contributed by atoms with Crippen molar-refractivity contribution in [2.24, 2.45) is 0 Å². The van der Waals surface area contributed by atoms with Crippen LogP contribution in [-0.4, -0.2) is 82.9 Å². The summed E-state index contributed by atoms with van der Waals surface area (Å²) in [6.45, 7) is 12.7. The lowest BCUT2D eigenvalue weighted by atomic mass is 10.1. The first-order valence-corrected chi connectivity index (χ1v) is 12.6. The standard InChI is InChI=1S/C26H35N7O2/c1-17(2)32-16-22-23(25(32)35)28-26(31-12-10-30(11-13-31)19(4)34)29-24(22)33(21-8-9-27-15-21)20-7-5-6-18(3)14-20/h5-7,14,17,21,27H,8-13,15-16H2,1-4H3. The Hall–Kier alpha value is -3.20. The van der Waals surface area contributed by atoms with Gasteiger partial charge in [-0.1, -0.05) is 12.1 Å². The molecule has 2 amide bonds. The Kier molecular flexibility index (Phi) is 6.35. The van der Waals surface area contributed by atoms with Gasteiger partial charge in [-0.15, -0.1) is 0 Å². The average Bonchev–Trinajstić information content (AvgIpc) is 3.48. The molecule has 2 fully saturated rings. The van der Waals surface area contributed by atoms with Gasteiger partial charge in [0.25, 0.3) is 5.91 Å². The molecule has 3 aliphatic heterocycles. The molecule has 1 unspecified atom stereocenters. The van der Waals surface area contributed by atoms with E-state index in [1.54, 1.807) is 6.92 Å². The minimum atomic E-state index is -0.0315. The first-order chi connectivity index (χ1) is 16.8. The zero-order chi connectivity index (χ0) is 24.7. The van der Waals surface area contributed by atoms with Gasteiger partial charge in [-0.3, -0.25) is 9.59 Å². The Labute approximate surface area is 207 Å². The van der Waals surface area contributed by atoms with Crippen molar-refractivity contribution in [3.63, 3.8) is 0 Å². The molecule has 9 nitrogen and oxygen atoms in total. The van der Waals surface area contributed by atoms with E-state index >= 15 is 0 Å². The number of amides is 2. The molecule has 2 aromatic rings. The van der Waals surface area contributed by atoms with E-state index in [0.29, 0.717) is 44.4 Å². The second-order valence-electron chi connectivity index (χ2n) is 10.0. The van der Waals surface area contributed by atoms with Gasteiger partial charge in [0.2, 0.25) is 11.9 Å². The van der Waals surface area contributed by atoms with Crippen molar-refractivity contribution in [1.29, 1.82) is 0 Å². The van der Waals surface area contributed by atoms with E-state index in [2.05, 4.69) is 46.3 Å². The van der Waals surface area contributed by atoms with Gasteiger partial charge in [-0.2, -0.15) is 4.98 Å². The summed E-state index contributed by atoms with van der Waals surface area (Å²) < 4.78 is 0. The van der Waals surface area contributed by atoms with E-state index in [9.17, 15) is 9.59 Å². The van der Waals surface area contributed by atoms with Crippen LogP contribution < -0.4 is 15.1 Å². The molecule has 5 rings (SSSR count). The lowest BCUT2D eigenvalue weighted by Crippen LogP contribution is -2.48. The molecule has 0 saturated carbocycles. The molecule has 0 spiro atoms. The number of hydrogen-bond donors (Lipinski definition) is 1. The third kappa shape index (κ3) is 4.45. The predicted molar refractivity (Wildman–Crippen MR) is 136 cm³/mol. The van der Waals surface area contributed by atoms with Crippen LogP contribution in [-0.2, 0) is 11.3 Å². The van der Waals surface area contributed by atoms with Crippen LogP contribution in [0.25, 0.3) is 0 Å². The zero-order valence-electron chi connectivity index (χ0n) is 21.1. The summed E-state index contributed by atoms with van der Waals surface area (Å²) in [7, 11) is 0. The molecule has 3 aliphatic rings. The maximum absolute atomic E-state index is 13.4. The topological polar surface area (TPSA) is 84.9 Å². The van der Waals surface area contributed by atoms with Gasteiger partial charge >= 0.3 is 0 Å². The number of fused-ring (bicyclic) bond motifs is 1. The van der Waals surface area contributed by atoms with E-state index in [4.69, 9.17) is 9.97 Å². The van der Waals surface area contributed by atoms with Crippen molar-refractivity contribution in [2.45, 2.75) is 52.7 Å². The first-order valence-electron chi connectivity index (χ1n) is 12.6. The number of piperazine rings is 1. The second-order valence-corrected chi connectivity index (χ2v) is 10.0. The number of aryl methyl sites for hydroxylation is 1. The lowest BCUT2D eigenvalue weighted by molar-refractivity contribution is -0.129. The molecule has 2 saturated heterocycles. The summed E-state index contributed by atoms with van der Waals surface area (Å²) in [6.07, 6.45) is 1.00. The predicted octanol–water partition coefficient (Wildman–Crippen LogP) is 2.32. The van der Waals surface area contributed by atoms with Crippen molar-refractivity contribution in [3.8, 4) is 0 Å². The van der Waals surface area contributed by atoms with Gasteiger partial charge in [0.05, 0.1) is 6.54 Å². The quantitative estimate of drug-likeness (QED) is 0.707. The third-order valence-electron chi connectivity index (χ3n) is 7.30. The summed E-state index contributed by atoms with van der Waals surface area (Å²) in [5.74, 6) is 1.46. The van der Waals surface area contributed by atoms with E-state index in [1.165, 1.54) is 5.56 Å². The maximum Gasteiger partial charge on any atom is 0.273 e. The van der Waals surface area contributed by atoms with Crippen molar-refractivity contribution >= 4 is 29.3 Å². The Bertz CT molecular complexity index is 1120. The fourth-order valence-electron chi connectivity index (χ4n) is 5.28. The Morgan fingerprint density at radius 3 is 2.57 bits per heavy atom. The molecule has 0 radical (unpaired) electrons.